The van der Waals surface area contributed by atoms with E-state index < -0.39 is 0 Å². The van der Waals surface area contributed by atoms with Crippen molar-refractivity contribution in [2.24, 2.45) is 0 Å². The van der Waals surface area contributed by atoms with Crippen molar-refractivity contribution in [3.8, 4) is 0 Å². The number of hydrogen-bond acceptors (Lipinski definition) is 6. The molecule has 7 heteroatoms. The molecule has 2 atom stereocenters. The minimum atomic E-state index is -0.186. The molecular formula is C24H34N6O. The van der Waals surface area contributed by atoms with Crippen LogP contribution in [0, 0.1) is 0 Å². The van der Waals surface area contributed by atoms with Crippen molar-refractivity contribution in [3.05, 3.63) is 54.4 Å². The highest BCUT2D eigenvalue weighted by Gasteiger charge is 2.29. The lowest BCUT2D eigenvalue weighted by Gasteiger charge is -2.37. The van der Waals surface area contributed by atoms with Crippen LogP contribution in [0.25, 0.3) is 0 Å². The van der Waals surface area contributed by atoms with E-state index in [1.165, 1.54) is 5.56 Å². The smallest absolute Gasteiger partial charge is 0.242 e. The van der Waals surface area contributed by atoms with Crippen LogP contribution in [0.3, 0.4) is 0 Å². The maximum absolute atomic E-state index is 12.8. The molecule has 31 heavy (non-hydrogen) atoms. The second-order valence-electron chi connectivity index (χ2n) is 8.50. The number of carbonyl (C=O) groups excluding carboxylic acids is 1. The molecule has 7 nitrogen and oxygen atoms in total. The topological polar surface area (TPSA) is 72.5 Å². The summed E-state index contributed by atoms with van der Waals surface area (Å²) in [7, 11) is 0. The fourth-order valence-corrected chi connectivity index (χ4v) is 4.46. The van der Waals surface area contributed by atoms with Crippen molar-refractivity contribution >= 4 is 17.3 Å². The highest BCUT2D eigenvalue weighted by atomic mass is 16.2. The number of amides is 1. The molecule has 1 aromatic carbocycles. The monoisotopic (exact) mass is 422 g/mol. The van der Waals surface area contributed by atoms with E-state index in [4.69, 9.17) is 0 Å². The van der Waals surface area contributed by atoms with E-state index in [-0.39, 0.29) is 11.9 Å². The highest BCUT2D eigenvalue weighted by molar-refractivity contribution is 5.97. The molecule has 1 aromatic heterocycles. The van der Waals surface area contributed by atoms with Gasteiger partial charge in [-0.1, -0.05) is 25.5 Å². The van der Waals surface area contributed by atoms with Crippen molar-refractivity contribution < 1.29 is 4.79 Å². The van der Waals surface area contributed by atoms with Crippen LogP contribution in [0.5, 0.6) is 0 Å². The largest absolute Gasteiger partial charge is 0.367 e. The fourth-order valence-electron chi connectivity index (χ4n) is 4.46. The Morgan fingerprint density at radius 3 is 2.65 bits per heavy atom. The molecule has 2 aromatic rings. The first-order chi connectivity index (χ1) is 15.2. The number of nitrogens with zero attached hydrogens (tertiary/aromatic N) is 3. The molecule has 2 unspecified atom stereocenters. The molecule has 0 spiro atoms. The summed E-state index contributed by atoms with van der Waals surface area (Å²) in [6.45, 7) is 7.22. The van der Waals surface area contributed by atoms with Gasteiger partial charge in [-0.15, -0.1) is 0 Å². The number of hydrogen-bond donors (Lipinski definition) is 3. The van der Waals surface area contributed by atoms with Gasteiger partial charge in [-0.2, -0.15) is 0 Å². The molecular weight excluding hydrogens is 388 g/mol. The zero-order valence-corrected chi connectivity index (χ0v) is 18.4. The molecule has 2 fully saturated rings. The Hall–Kier alpha value is -2.48. The average molecular weight is 423 g/mol. The number of pyridine rings is 1. The zero-order chi connectivity index (χ0) is 21.5. The number of nitrogens with one attached hydrogen (secondary N) is 3. The van der Waals surface area contributed by atoms with E-state index in [1.54, 1.807) is 0 Å². The Morgan fingerprint density at radius 2 is 1.87 bits per heavy atom. The van der Waals surface area contributed by atoms with Gasteiger partial charge >= 0.3 is 0 Å². The number of carbonyl (C=O) groups is 1. The van der Waals surface area contributed by atoms with Crippen LogP contribution < -0.4 is 21.1 Å². The summed E-state index contributed by atoms with van der Waals surface area (Å²) >= 11 is 0. The number of benzene rings is 1. The Labute approximate surface area is 185 Å². The van der Waals surface area contributed by atoms with Crippen LogP contribution in [-0.2, 0) is 11.2 Å². The molecule has 0 saturated carbocycles. The Morgan fingerprint density at radius 1 is 1.10 bits per heavy atom. The summed E-state index contributed by atoms with van der Waals surface area (Å²) in [5.74, 6) is 0.0366. The van der Waals surface area contributed by atoms with Gasteiger partial charge < -0.3 is 10.2 Å². The zero-order valence-electron chi connectivity index (χ0n) is 18.4. The molecule has 4 rings (SSSR count). The molecule has 3 heterocycles. The summed E-state index contributed by atoms with van der Waals surface area (Å²) in [4.78, 5) is 21.8. The maximum Gasteiger partial charge on any atom is 0.242 e. The highest BCUT2D eigenvalue weighted by Crippen LogP contribution is 2.27. The number of para-hydroxylation sites is 2. The van der Waals surface area contributed by atoms with E-state index in [1.807, 2.05) is 30.6 Å². The number of anilines is 2. The van der Waals surface area contributed by atoms with Gasteiger partial charge in [-0.25, -0.2) is 5.43 Å². The van der Waals surface area contributed by atoms with E-state index in [0.717, 1.165) is 69.8 Å². The maximum atomic E-state index is 12.8. The first-order valence-corrected chi connectivity index (χ1v) is 11.5. The summed E-state index contributed by atoms with van der Waals surface area (Å²) in [5.41, 5.74) is 9.76. The van der Waals surface area contributed by atoms with Crippen LogP contribution in [0.15, 0.2) is 48.8 Å². The summed E-state index contributed by atoms with van der Waals surface area (Å²) in [6, 6.07) is 12.5. The van der Waals surface area contributed by atoms with Gasteiger partial charge in [0.25, 0.3) is 0 Å². The van der Waals surface area contributed by atoms with Crippen molar-refractivity contribution in [1.29, 1.82) is 0 Å². The standard InChI is InChI=1S/C24H34N6O/c1-2-5-20-18-22(28-27-20)24(31)26-21-6-3-4-7-23(21)30-16-14-29(15-17-30)13-10-19-8-11-25-12-9-19/h3-4,6-9,11-12,20,22,27-28H,2,5,10,13-18H2,1H3,(H,26,31). The van der Waals surface area contributed by atoms with Gasteiger partial charge in [0.05, 0.1) is 11.4 Å². The quantitative estimate of drug-likeness (QED) is 0.607. The van der Waals surface area contributed by atoms with Crippen molar-refractivity contribution in [2.75, 3.05) is 42.9 Å². The number of aromatic nitrogens is 1. The van der Waals surface area contributed by atoms with Gasteiger partial charge in [0.15, 0.2) is 0 Å². The lowest BCUT2D eigenvalue weighted by Crippen LogP contribution is -2.47. The van der Waals surface area contributed by atoms with Crippen LogP contribution in [0.1, 0.15) is 31.7 Å². The van der Waals surface area contributed by atoms with Gasteiger partial charge in [0.2, 0.25) is 5.91 Å². The van der Waals surface area contributed by atoms with E-state index in [0.29, 0.717) is 6.04 Å². The van der Waals surface area contributed by atoms with Crippen molar-refractivity contribution in [1.82, 2.24) is 20.7 Å². The Balaban J connectivity index is 1.30. The Bertz CT molecular complexity index is 837. The molecule has 166 valence electrons. The van der Waals surface area contributed by atoms with Gasteiger partial charge in [0.1, 0.15) is 6.04 Å². The van der Waals surface area contributed by atoms with Crippen molar-refractivity contribution in [3.63, 3.8) is 0 Å². The normalized spacial score (nSPS) is 21.9. The average Bonchev–Trinajstić information content (AvgIpc) is 3.28. The molecule has 1 amide bonds. The lowest BCUT2D eigenvalue weighted by atomic mass is 10.1. The first-order valence-electron chi connectivity index (χ1n) is 11.5. The number of rotatable bonds is 8. The molecule has 2 aliphatic heterocycles. The fraction of sp³-hybridized carbons (Fsp3) is 0.500. The number of hydrazine groups is 1. The SMILES string of the molecule is CCCC1CC(C(=O)Nc2ccccc2N2CCN(CCc3ccncc3)CC2)NN1. The third-order valence-electron chi connectivity index (χ3n) is 6.28. The lowest BCUT2D eigenvalue weighted by molar-refractivity contribution is -0.117. The minimum absolute atomic E-state index is 0.0366. The molecule has 0 bridgehead atoms. The van der Waals surface area contributed by atoms with Gasteiger partial charge in [-0.3, -0.25) is 20.1 Å². The van der Waals surface area contributed by atoms with Crippen LogP contribution in [0.4, 0.5) is 11.4 Å². The second-order valence-corrected chi connectivity index (χ2v) is 8.50. The molecule has 0 radical (unpaired) electrons. The van der Waals surface area contributed by atoms with E-state index in [9.17, 15) is 4.79 Å². The second kappa shape index (κ2) is 10.7. The van der Waals surface area contributed by atoms with Gasteiger partial charge in [0, 0.05) is 51.2 Å². The summed E-state index contributed by atoms with van der Waals surface area (Å²) < 4.78 is 0. The summed E-state index contributed by atoms with van der Waals surface area (Å²) in [6.07, 6.45) is 7.80. The molecule has 0 aliphatic carbocycles. The van der Waals surface area contributed by atoms with E-state index >= 15 is 0 Å². The van der Waals surface area contributed by atoms with Crippen molar-refractivity contribution in [2.45, 2.75) is 44.7 Å². The predicted octanol–water partition coefficient (Wildman–Crippen LogP) is 2.42. The third-order valence-corrected chi connectivity index (χ3v) is 6.28. The predicted molar refractivity (Wildman–Crippen MR) is 125 cm³/mol. The third kappa shape index (κ3) is 5.81. The van der Waals surface area contributed by atoms with Crippen LogP contribution >= 0.6 is 0 Å². The minimum Gasteiger partial charge on any atom is -0.367 e. The Kier molecular flexibility index (Phi) is 7.51. The van der Waals surface area contributed by atoms with Crippen LogP contribution in [-0.4, -0.2) is 60.6 Å². The summed E-state index contributed by atoms with van der Waals surface area (Å²) in [5, 5.41) is 3.17. The van der Waals surface area contributed by atoms with Crippen LogP contribution in [0.2, 0.25) is 0 Å². The molecule has 2 aliphatic rings. The van der Waals surface area contributed by atoms with Gasteiger partial charge in [-0.05, 0) is 49.1 Å². The molecule has 2 saturated heterocycles. The first kappa shape index (κ1) is 21.7. The van der Waals surface area contributed by atoms with E-state index in [2.05, 4.69) is 56.1 Å². The molecule has 3 N–H and O–H groups in total. The number of piperazine rings is 1.